The third kappa shape index (κ3) is 4.19. The van der Waals surface area contributed by atoms with Gasteiger partial charge >= 0.3 is 0 Å². The Labute approximate surface area is 158 Å². The third-order valence-corrected chi connectivity index (χ3v) is 4.41. The number of nitrogens with zero attached hydrogens (tertiary/aromatic N) is 1. The van der Waals surface area contributed by atoms with Crippen molar-refractivity contribution in [2.24, 2.45) is 0 Å². The minimum Gasteiger partial charge on any atom is -0.497 e. The van der Waals surface area contributed by atoms with Gasteiger partial charge in [0.15, 0.2) is 10.2 Å². The van der Waals surface area contributed by atoms with Crippen molar-refractivity contribution in [2.75, 3.05) is 19.5 Å². The number of thiazole rings is 1. The van der Waals surface area contributed by atoms with E-state index < -0.39 is 0 Å². The van der Waals surface area contributed by atoms with E-state index in [1.165, 1.54) is 23.7 Å². The number of anilines is 1. The van der Waals surface area contributed by atoms with Crippen molar-refractivity contribution in [3.8, 4) is 11.5 Å². The maximum Gasteiger partial charge on any atom is 0.250 e. The standard InChI is InChI=1S/C17H15N3O4S2/c1-22-11-8-12(23-2)15-13(9-11)26-17(19-15)20-16(25)18-14(21)6-5-10-4-3-7-24-10/h3-9H,1-2H3,(H2,18,19,20,21,25). The summed E-state index contributed by atoms with van der Waals surface area (Å²) in [6.45, 7) is 0. The number of hydrogen-bond donors (Lipinski definition) is 2. The Morgan fingerprint density at radius 1 is 1.35 bits per heavy atom. The maximum absolute atomic E-state index is 11.9. The molecule has 0 saturated heterocycles. The molecule has 7 nitrogen and oxygen atoms in total. The molecule has 1 amide bonds. The summed E-state index contributed by atoms with van der Waals surface area (Å²) in [7, 11) is 3.15. The Hall–Kier alpha value is -2.91. The Morgan fingerprint density at radius 2 is 2.19 bits per heavy atom. The van der Waals surface area contributed by atoms with Gasteiger partial charge in [-0.25, -0.2) is 4.98 Å². The molecule has 2 N–H and O–H groups in total. The largest absolute Gasteiger partial charge is 0.497 e. The number of carbonyl (C=O) groups excluding carboxylic acids is 1. The molecule has 0 unspecified atom stereocenters. The molecular formula is C17H15N3O4S2. The second-order valence-corrected chi connectivity index (χ2v) is 6.43. The molecule has 0 saturated carbocycles. The zero-order valence-corrected chi connectivity index (χ0v) is 15.6. The molecule has 3 rings (SSSR count). The second kappa shape index (κ2) is 7.98. The van der Waals surface area contributed by atoms with Gasteiger partial charge in [0.05, 0.1) is 25.2 Å². The zero-order valence-electron chi connectivity index (χ0n) is 13.9. The van der Waals surface area contributed by atoms with Gasteiger partial charge in [0.2, 0.25) is 5.91 Å². The lowest BCUT2D eigenvalue weighted by atomic mass is 10.3. The first kappa shape index (κ1) is 17.9. The van der Waals surface area contributed by atoms with Crippen LogP contribution in [-0.4, -0.2) is 30.2 Å². The average Bonchev–Trinajstić information content (AvgIpc) is 3.27. The molecule has 0 aliphatic rings. The van der Waals surface area contributed by atoms with Gasteiger partial charge in [-0.15, -0.1) is 0 Å². The van der Waals surface area contributed by atoms with Gasteiger partial charge in [0.25, 0.3) is 0 Å². The minimum atomic E-state index is -0.376. The molecule has 0 radical (unpaired) electrons. The number of amides is 1. The number of thiocarbonyl (C=S) groups is 1. The molecule has 2 heterocycles. The van der Waals surface area contributed by atoms with Gasteiger partial charge in [0.1, 0.15) is 22.8 Å². The molecule has 3 aromatic rings. The molecule has 0 fully saturated rings. The lowest BCUT2D eigenvalue weighted by molar-refractivity contribution is -0.115. The highest BCUT2D eigenvalue weighted by atomic mass is 32.1. The number of methoxy groups -OCH3 is 2. The van der Waals surface area contributed by atoms with Crippen molar-refractivity contribution in [2.45, 2.75) is 0 Å². The van der Waals surface area contributed by atoms with Gasteiger partial charge in [-0.2, -0.15) is 0 Å². The number of hydrogen-bond acceptors (Lipinski definition) is 7. The number of nitrogens with one attached hydrogen (secondary N) is 2. The summed E-state index contributed by atoms with van der Waals surface area (Å²) in [4.78, 5) is 16.3. The summed E-state index contributed by atoms with van der Waals surface area (Å²) in [5.74, 6) is 1.47. The predicted molar refractivity (Wildman–Crippen MR) is 105 cm³/mol. The van der Waals surface area contributed by atoms with Gasteiger partial charge in [-0.05, 0) is 36.5 Å². The first-order valence-electron chi connectivity index (χ1n) is 7.45. The van der Waals surface area contributed by atoms with Crippen LogP contribution in [0.1, 0.15) is 5.76 Å². The van der Waals surface area contributed by atoms with E-state index in [-0.39, 0.29) is 11.0 Å². The summed E-state index contributed by atoms with van der Waals surface area (Å²) in [6.07, 6.45) is 4.41. The quantitative estimate of drug-likeness (QED) is 0.511. The Kier molecular flexibility index (Phi) is 5.49. The summed E-state index contributed by atoms with van der Waals surface area (Å²) in [5.41, 5.74) is 0.688. The minimum absolute atomic E-state index is 0.143. The highest BCUT2D eigenvalue weighted by molar-refractivity contribution is 7.80. The van der Waals surface area contributed by atoms with Crippen molar-refractivity contribution in [1.29, 1.82) is 0 Å². The number of aromatic nitrogens is 1. The fourth-order valence-electron chi connectivity index (χ4n) is 2.13. The van der Waals surface area contributed by atoms with Gasteiger partial charge in [-0.1, -0.05) is 11.3 Å². The summed E-state index contributed by atoms with van der Waals surface area (Å²) in [5, 5.41) is 6.12. The number of carbonyl (C=O) groups is 1. The number of rotatable bonds is 5. The topological polar surface area (TPSA) is 85.6 Å². The van der Waals surface area contributed by atoms with Crippen molar-refractivity contribution < 1.29 is 18.7 Å². The van der Waals surface area contributed by atoms with Crippen LogP contribution in [0, 0.1) is 0 Å². The molecule has 9 heteroatoms. The van der Waals surface area contributed by atoms with E-state index in [1.54, 1.807) is 38.5 Å². The van der Waals surface area contributed by atoms with Gasteiger partial charge < -0.3 is 19.2 Å². The SMILES string of the molecule is COc1cc(OC)c2nc(NC(=S)NC(=O)C=Cc3ccco3)sc2c1. The first-order chi connectivity index (χ1) is 12.6. The summed E-state index contributed by atoms with van der Waals surface area (Å²) < 4.78 is 16.6. The maximum atomic E-state index is 11.9. The van der Waals surface area contributed by atoms with Crippen LogP contribution in [-0.2, 0) is 4.79 Å². The molecule has 0 aliphatic heterocycles. The van der Waals surface area contributed by atoms with Gasteiger partial charge in [-0.3, -0.25) is 10.1 Å². The first-order valence-corrected chi connectivity index (χ1v) is 8.67. The molecule has 0 bridgehead atoms. The Balaban J connectivity index is 1.68. The van der Waals surface area contributed by atoms with E-state index in [0.29, 0.717) is 27.9 Å². The predicted octanol–water partition coefficient (Wildman–Crippen LogP) is 3.43. The Bertz CT molecular complexity index is 964. The zero-order chi connectivity index (χ0) is 18.5. The van der Waals surface area contributed by atoms with E-state index >= 15 is 0 Å². The normalized spacial score (nSPS) is 10.8. The van der Waals surface area contributed by atoms with Crippen LogP contribution in [0.5, 0.6) is 11.5 Å². The smallest absolute Gasteiger partial charge is 0.250 e. The lowest BCUT2D eigenvalue weighted by Gasteiger charge is -2.04. The molecule has 134 valence electrons. The van der Waals surface area contributed by atoms with Crippen molar-refractivity contribution >= 4 is 56.0 Å². The summed E-state index contributed by atoms with van der Waals surface area (Å²) >= 11 is 6.52. The molecule has 2 aromatic heterocycles. The molecule has 0 aliphatic carbocycles. The lowest BCUT2D eigenvalue weighted by Crippen LogP contribution is -2.32. The highest BCUT2D eigenvalue weighted by Crippen LogP contribution is 2.36. The summed E-state index contributed by atoms with van der Waals surface area (Å²) in [6, 6.07) is 7.09. The number of fused-ring (bicyclic) bond motifs is 1. The fraction of sp³-hybridized carbons (Fsp3) is 0.118. The molecule has 1 aromatic carbocycles. The van der Waals surface area contributed by atoms with E-state index in [0.717, 1.165) is 4.70 Å². The second-order valence-electron chi connectivity index (χ2n) is 4.99. The van der Waals surface area contributed by atoms with Crippen LogP contribution in [0.3, 0.4) is 0 Å². The number of furan rings is 1. The van der Waals surface area contributed by atoms with Crippen LogP contribution < -0.4 is 20.1 Å². The average molecular weight is 389 g/mol. The molecular weight excluding hydrogens is 374 g/mol. The highest BCUT2D eigenvalue weighted by Gasteiger charge is 2.12. The van der Waals surface area contributed by atoms with Crippen LogP contribution >= 0.6 is 23.6 Å². The van der Waals surface area contributed by atoms with Crippen LogP contribution in [0.4, 0.5) is 5.13 Å². The van der Waals surface area contributed by atoms with Crippen LogP contribution in [0.25, 0.3) is 16.3 Å². The molecule has 26 heavy (non-hydrogen) atoms. The van der Waals surface area contributed by atoms with E-state index in [9.17, 15) is 4.79 Å². The third-order valence-electron chi connectivity index (χ3n) is 3.29. The van der Waals surface area contributed by atoms with Crippen molar-refractivity contribution in [3.05, 3.63) is 42.4 Å². The fourth-order valence-corrected chi connectivity index (χ4v) is 3.31. The van der Waals surface area contributed by atoms with Gasteiger partial charge in [0, 0.05) is 12.1 Å². The number of benzene rings is 1. The van der Waals surface area contributed by atoms with E-state index in [2.05, 4.69) is 15.6 Å². The van der Waals surface area contributed by atoms with Crippen LogP contribution in [0.2, 0.25) is 0 Å². The molecule has 0 atom stereocenters. The monoisotopic (exact) mass is 389 g/mol. The van der Waals surface area contributed by atoms with Crippen LogP contribution in [0.15, 0.2) is 41.0 Å². The molecule has 0 spiro atoms. The van der Waals surface area contributed by atoms with E-state index in [1.807, 2.05) is 6.07 Å². The van der Waals surface area contributed by atoms with Crippen molar-refractivity contribution in [3.63, 3.8) is 0 Å². The Morgan fingerprint density at radius 3 is 2.88 bits per heavy atom. The van der Waals surface area contributed by atoms with Crippen molar-refractivity contribution in [1.82, 2.24) is 10.3 Å². The van der Waals surface area contributed by atoms with E-state index in [4.69, 9.17) is 26.1 Å². The number of ether oxygens (including phenoxy) is 2.